The molecule has 0 radical (unpaired) electrons. The highest BCUT2D eigenvalue weighted by atomic mass is 16.5. The Hall–Kier alpha value is -2.37. The predicted molar refractivity (Wildman–Crippen MR) is 113 cm³/mol. The molecule has 0 fully saturated rings. The molecule has 0 spiro atoms. The van der Waals surface area contributed by atoms with Crippen molar-refractivity contribution in [2.75, 3.05) is 18.5 Å². The lowest BCUT2D eigenvalue weighted by atomic mass is 9.89. The molecule has 2 amide bonds. The number of benzene rings is 2. The summed E-state index contributed by atoms with van der Waals surface area (Å²) in [7, 11) is 0. The molecule has 28 heavy (non-hydrogen) atoms. The van der Waals surface area contributed by atoms with Gasteiger partial charge in [0.25, 0.3) is 0 Å². The van der Waals surface area contributed by atoms with Crippen molar-refractivity contribution in [3.8, 4) is 0 Å². The van der Waals surface area contributed by atoms with Gasteiger partial charge in [-0.05, 0) is 50.5 Å². The van der Waals surface area contributed by atoms with Crippen molar-refractivity contribution >= 4 is 11.7 Å². The number of amides is 2. The van der Waals surface area contributed by atoms with Crippen LogP contribution in [-0.2, 0) is 21.6 Å². The molecule has 0 saturated carbocycles. The van der Waals surface area contributed by atoms with Gasteiger partial charge in [-0.3, -0.25) is 0 Å². The Labute approximate surface area is 168 Å². The topological polar surface area (TPSA) is 59.6 Å². The molecular formula is C23H32N2O3. The van der Waals surface area contributed by atoms with Gasteiger partial charge in [0.15, 0.2) is 0 Å². The van der Waals surface area contributed by atoms with Gasteiger partial charge in [-0.2, -0.15) is 0 Å². The zero-order valence-electron chi connectivity index (χ0n) is 17.3. The summed E-state index contributed by atoms with van der Waals surface area (Å²) in [4.78, 5) is 12.6. The van der Waals surface area contributed by atoms with Gasteiger partial charge in [-0.15, -0.1) is 0 Å². The first-order valence-corrected chi connectivity index (χ1v) is 9.86. The maximum Gasteiger partial charge on any atom is 0.319 e. The van der Waals surface area contributed by atoms with Crippen LogP contribution in [0.15, 0.2) is 54.6 Å². The van der Waals surface area contributed by atoms with E-state index < -0.39 is 5.54 Å². The van der Waals surface area contributed by atoms with E-state index in [1.54, 1.807) is 0 Å². The Morgan fingerprint density at radius 3 is 2.50 bits per heavy atom. The molecule has 1 atom stereocenters. The van der Waals surface area contributed by atoms with E-state index in [4.69, 9.17) is 9.47 Å². The van der Waals surface area contributed by atoms with Crippen molar-refractivity contribution in [3.63, 3.8) is 0 Å². The average molecular weight is 385 g/mol. The van der Waals surface area contributed by atoms with Gasteiger partial charge >= 0.3 is 6.03 Å². The van der Waals surface area contributed by atoms with Crippen molar-refractivity contribution in [2.45, 2.75) is 52.4 Å². The molecular weight excluding hydrogens is 352 g/mol. The van der Waals surface area contributed by atoms with Crippen LogP contribution >= 0.6 is 0 Å². The van der Waals surface area contributed by atoms with Crippen LogP contribution in [0.4, 0.5) is 10.5 Å². The minimum absolute atomic E-state index is 0.208. The smallest absolute Gasteiger partial charge is 0.319 e. The quantitative estimate of drug-likeness (QED) is 0.562. The largest absolute Gasteiger partial charge is 0.376 e. The normalized spacial score (nSPS) is 13.2. The fourth-order valence-electron chi connectivity index (χ4n) is 2.86. The number of urea groups is 1. The lowest BCUT2D eigenvalue weighted by molar-refractivity contribution is 0.0143. The van der Waals surface area contributed by atoms with E-state index in [1.165, 1.54) is 0 Å². The third-order valence-electron chi connectivity index (χ3n) is 4.64. The van der Waals surface area contributed by atoms with E-state index >= 15 is 0 Å². The van der Waals surface area contributed by atoms with Crippen LogP contribution in [0.2, 0.25) is 0 Å². The summed E-state index contributed by atoms with van der Waals surface area (Å²) in [6, 6.07) is 17.5. The third kappa shape index (κ3) is 6.98. The summed E-state index contributed by atoms with van der Waals surface area (Å²) in [6.45, 7) is 9.70. The molecule has 0 aliphatic heterocycles. The summed E-state index contributed by atoms with van der Waals surface area (Å²) in [5, 5.41) is 6.03. The first-order valence-electron chi connectivity index (χ1n) is 9.86. The van der Waals surface area contributed by atoms with Crippen LogP contribution in [0, 0.1) is 0 Å². The van der Waals surface area contributed by atoms with Crippen LogP contribution in [0.5, 0.6) is 0 Å². The fraction of sp³-hybridized carbons (Fsp3) is 0.435. The minimum Gasteiger partial charge on any atom is -0.376 e. The molecule has 5 heteroatoms. The standard InChI is InChI=1S/C23H32N2O3/c1-5-23(4,20-11-7-6-8-12-20)25-22(26)24-21-13-9-10-19(16-21)17-27-14-15-28-18(2)3/h6-13,16,18H,5,14-15,17H2,1-4H3,(H2,24,25,26). The summed E-state index contributed by atoms with van der Waals surface area (Å²) in [6.07, 6.45) is 0.996. The van der Waals surface area contributed by atoms with Crippen molar-refractivity contribution in [3.05, 3.63) is 65.7 Å². The lowest BCUT2D eigenvalue weighted by Crippen LogP contribution is -2.45. The molecule has 0 saturated heterocycles. The van der Waals surface area contributed by atoms with Gasteiger partial charge < -0.3 is 20.1 Å². The van der Waals surface area contributed by atoms with E-state index in [2.05, 4.69) is 17.6 Å². The SMILES string of the molecule is CCC(C)(NC(=O)Nc1cccc(COCCOC(C)C)c1)c1ccccc1. The van der Waals surface area contributed by atoms with E-state index in [9.17, 15) is 4.79 Å². The maximum atomic E-state index is 12.6. The highest BCUT2D eigenvalue weighted by Crippen LogP contribution is 2.24. The first-order chi connectivity index (χ1) is 13.4. The van der Waals surface area contributed by atoms with Gasteiger partial charge in [0.2, 0.25) is 0 Å². The average Bonchev–Trinajstić information content (AvgIpc) is 2.68. The Kier molecular flexibility index (Phi) is 8.48. The molecule has 2 N–H and O–H groups in total. The Morgan fingerprint density at radius 1 is 1.07 bits per heavy atom. The summed E-state index contributed by atoms with van der Waals surface area (Å²) < 4.78 is 11.1. The number of ether oxygens (including phenoxy) is 2. The van der Waals surface area contributed by atoms with Crippen molar-refractivity contribution in [1.29, 1.82) is 0 Å². The monoisotopic (exact) mass is 384 g/mol. The number of nitrogens with one attached hydrogen (secondary N) is 2. The van der Waals surface area contributed by atoms with Gasteiger partial charge in [0.05, 0.1) is 31.5 Å². The van der Waals surface area contributed by atoms with E-state index in [0.29, 0.717) is 19.8 Å². The molecule has 2 aromatic carbocycles. The molecule has 0 heterocycles. The molecule has 1 unspecified atom stereocenters. The number of carbonyl (C=O) groups excluding carboxylic acids is 1. The second kappa shape index (κ2) is 10.8. The molecule has 0 aliphatic carbocycles. The number of anilines is 1. The second-order valence-electron chi connectivity index (χ2n) is 7.30. The number of hydrogen-bond donors (Lipinski definition) is 2. The maximum absolute atomic E-state index is 12.6. The Morgan fingerprint density at radius 2 is 1.82 bits per heavy atom. The van der Waals surface area contributed by atoms with Crippen molar-refractivity contribution in [2.24, 2.45) is 0 Å². The predicted octanol–water partition coefficient (Wildman–Crippen LogP) is 5.08. The molecule has 0 aromatic heterocycles. The summed E-state index contributed by atoms with van der Waals surface area (Å²) in [5.41, 5.74) is 2.40. The Bertz CT molecular complexity index is 734. The van der Waals surface area contributed by atoms with Crippen LogP contribution in [0.3, 0.4) is 0 Å². The number of hydrogen-bond acceptors (Lipinski definition) is 3. The van der Waals surface area contributed by atoms with Crippen LogP contribution in [0.25, 0.3) is 0 Å². The zero-order valence-corrected chi connectivity index (χ0v) is 17.3. The highest BCUT2D eigenvalue weighted by molar-refractivity contribution is 5.89. The fourth-order valence-corrected chi connectivity index (χ4v) is 2.86. The van der Waals surface area contributed by atoms with Crippen molar-refractivity contribution < 1.29 is 14.3 Å². The van der Waals surface area contributed by atoms with Gasteiger partial charge in [-0.1, -0.05) is 49.4 Å². The van der Waals surface area contributed by atoms with E-state index in [1.807, 2.05) is 75.4 Å². The summed E-state index contributed by atoms with van der Waals surface area (Å²) in [5.74, 6) is 0. The Balaban J connectivity index is 1.89. The highest BCUT2D eigenvalue weighted by Gasteiger charge is 2.26. The number of carbonyl (C=O) groups is 1. The van der Waals surface area contributed by atoms with E-state index in [0.717, 1.165) is 23.2 Å². The second-order valence-corrected chi connectivity index (χ2v) is 7.30. The molecule has 0 aliphatic rings. The molecule has 0 bridgehead atoms. The van der Waals surface area contributed by atoms with Gasteiger partial charge in [0, 0.05) is 5.69 Å². The van der Waals surface area contributed by atoms with Crippen LogP contribution in [0.1, 0.15) is 45.2 Å². The first kappa shape index (κ1) is 21.9. The molecule has 152 valence electrons. The molecule has 2 rings (SSSR count). The minimum atomic E-state index is -0.428. The molecule has 2 aromatic rings. The van der Waals surface area contributed by atoms with Gasteiger partial charge in [-0.25, -0.2) is 4.79 Å². The van der Waals surface area contributed by atoms with Gasteiger partial charge in [0.1, 0.15) is 0 Å². The molecule has 5 nitrogen and oxygen atoms in total. The van der Waals surface area contributed by atoms with Crippen LogP contribution in [-0.4, -0.2) is 25.3 Å². The van der Waals surface area contributed by atoms with Crippen LogP contribution < -0.4 is 10.6 Å². The van der Waals surface area contributed by atoms with E-state index in [-0.39, 0.29) is 12.1 Å². The van der Waals surface area contributed by atoms with Crippen molar-refractivity contribution in [1.82, 2.24) is 5.32 Å². The number of rotatable bonds is 10. The lowest BCUT2D eigenvalue weighted by Gasteiger charge is -2.30. The third-order valence-corrected chi connectivity index (χ3v) is 4.64. The zero-order chi connectivity index (χ0) is 20.4. The summed E-state index contributed by atoms with van der Waals surface area (Å²) >= 11 is 0.